The second-order valence-electron chi connectivity index (χ2n) is 3.16. The first-order valence-electron chi connectivity index (χ1n) is 4.40. The first-order chi connectivity index (χ1) is 6.24. The van der Waals surface area contributed by atoms with Crippen LogP contribution in [0, 0.1) is 6.92 Å². The molecular formula is C11H11ClS. The van der Waals surface area contributed by atoms with Crippen molar-refractivity contribution in [2.24, 2.45) is 0 Å². The lowest BCUT2D eigenvalue weighted by Crippen LogP contribution is -1.77. The Hall–Kier alpha value is -0.530. The Morgan fingerprint density at radius 3 is 2.85 bits per heavy atom. The van der Waals surface area contributed by atoms with Crippen molar-refractivity contribution in [1.29, 1.82) is 0 Å². The van der Waals surface area contributed by atoms with E-state index in [1.165, 1.54) is 21.2 Å². The second-order valence-corrected chi connectivity index (χ2v) is 4.78. The molecule has 2 rings (SSSR count). The minimum absolute atomic E-state index is 0.951. The molecule has 0 saturated heterocycles. The monoisotopic (exact) mass is 210 g/mol. The summed E-state index contributed by atoms with van der Waals surface area (Å²) in [6, 6.07) is 6.39. The summed E-state index contributed by atoms with van der Waals surface area (Å²) in [6.07, 6.45) is 1.02. The van der Waals surface area contributed by atoms with E-state index in [1.54, 1.807) is 11.3 Å². The Balaban J connectivity index is 2.86. The zero-order valence-corrected chi connectivity index (χ0v) is 9.30. The molecule has 1 aromatic carbocycles. The largest absolute Gasteiger partial charge is 0.123 e. The van der Waals surface area contributed by atoms with Crippen LogP contribution in [0.25, 0.3) is 10.1 Å². The number of hydrogen-bond donors (Lipinski definition) is 0. The lowest BCUT2D eigenvalue weighted by atomic mass is 10.1. The van der Waals surface area contributed by atoms with Gasteiger partial charge in [-0.15, -0.1) is 11.3 Å². The van der Waals surface area contributed by atoms with Gasteiger partial charge in [-0.1, -0.05) is 36.7 Å². The van der Waals surface area contributed by atoms with Crippen molar-refractivity contribution in [2.45, 2.75) is 20.3 Å². The quantitative estimate of drug-likeness (QED) is 0.654. The molecular weight excluding hydrogens is 200 g/mol. The zero-order chi connectivity index (χ0) is 9.42. The third-order valence-corrected chi connectivity index (χ3v) is 3.95. The van der Waals surface area contributed by atoms with E-state index in [1.807, 2.05) is 0 Å². The minimum Gasteiger partial charge on any atom is -0.123 e. The van der Waals surface area contributed by atoms with Crippen molar-refractivity contribution in [2.75, 3.05) is 0 Å². The van der Waals surface area contributed by atoms with E-state index in [9.17, 15) is 0 Å². The number of hydrogen-bond acceptors (Lipinski definition) is 1. The first-order valence-corrected chi connectivity index (χ1v) is 5.60. The average molecular weight is 211 g/mol. The lowest BCUT2D eigenvalue weighted by molar-refractivity contribution is 1.17. The highest BCUT2D eigenvalue weighted by Crippen LogP contribution is 2.36. The Morgan fingerprint density at radius 1 is 1.38 bits per heavy atom. The number of rotatable bonds is 1. The van der Waals surface area contributed by atoms with E-state index in [4.69, 9.17) is 11.6 Å². The van der Waals surface area contributed by atoms with E-state index in [0.29, 0.717) is 0 Å². The van der Waals surface area contributed by atoms with Crippen LogP contribution in [0.5, 0.6) is 0 Å². The van der Waals surface area contributed by atoms with Crippen molar-refractivity contribution in [1.82, 2.24) is 0 Å². The van der Waals surface area contributed by atoms with Gasteiger partial charge in [-0.3, -0.25) is 0 Å². The second kappa shape index (κ2) is 3.32. The van der Waals surface area contributed by atoms with Gasteiger partial charge in [0.2, 0.25) is 0 Å². The number of benzene rings is 1. The number of fused-ring (bicyclic) bond motifs is 1. The van der Waals surface area contributed by atoms with E-state index in [0.717, 1.165) is 10.8 Å². The van der Waals surface area contributed by atoms with E-state index in [2.05, 4.69) is 32.0 Å². The van der Waals surface area contributed by atoms with Gasteiger partial charge < -0.3 is 0 Å². The molecule has 1 heterocycles. The molecule has 1 aromatic heterocycles. The SMILES string of the molecule is CCc1c(Cl)sc2c(C)cccc12. The van der Waals surface area contributed by atoms with Gasteiger partial charge in [0.15, 0.2) is 0 Å². The number of thiophene rings is 1. The molecule has 0 spiro atoms. The fourth-order valence-corrected chi connectivity index (χ4v) is 3.17. The number of aryl methyl sites for hydroxylation is 2. The van der Waals surface area contributed by atoms with Gasteiger partial charge in [-0.2, -0.15) is 0 Å². The van der Waals surface area contributed by atoms with Crippen molar-refractivity contribution < 1.29 is 0 Å². The van der Waals surface area contributed by atoms with Crippen LogP contribution in [0.4, 0.5) is 0 Å². The Kier molecular flexibility index (Phi) is 2.31. The highest BCUT2D eigenvalue weighted by Gasteiger charge is 2.09. The molecule has 0 atom stereocenters. The minimum atomic E-state index is 0.951. The van der Waals surface area contributed by atoms with E-state index >= 15 is 0 Å². The van der Waals surface area contributed by atoms with E-state index < -0.39 is 0 Å². The molecule has 0 aliphatic carbocycles. The van der Waals surface area contributed by atoms with Gasteiger partial charge in [0.05, 0.1) is 4.34 Å². The van der Waals surface area contributed by atoms with Gasteiger partial charge in [-0.25, -0.2) is 0 Å². The van der Waals surface area contributed by atoms with Crippen LogP contribution in [-0.2, 0) is 6.42 Å². The van der Waals surface area contributed by atoms with Gasteiger partial charge in [0, 0.05) is 4.70 Å². The van der Waals surface area contributed by atoms with Crippen molar-refractivity contribution in [3.8, 4) is 0 Å². The van der Waals surface area contributed by atoms with Gasteiger partial charge in [0.25, 0.3) is 0 Å². The van der Waals surface area contributed by atoms with Crippen LogP contribution in [0.3, 0.4) is 0 Å². The Morgan fingerprint density at radius 2 is 2.15 bits per heavy atom. The smallest absolute Gasteiger partial charge is 0.0972 e. The molecule has 0 fully saturated rings. The van der Waals surface area contributed by atoms with Crippen LogP contribution >= 0.6 is 22.9 Å². The highest BCUT2D eigenvalue weighted by molar-refractivity contribution is 7.23. The maximum absolute atomic E-state index is 6.16. The summed E-state index contributed by atoms with van der Waals surface area (Å²) in [4.78, 5) is 0. The molecule has 13 heavy (non-hydrogen) atoms. The lowest BCUT2D eigenvalue weighted by Gasteiger charge is -1.96. The van der Waals surface area contributed by atoms with Crippen molar-refractivity contribution in [3.63, 3.8) is 0 Å². The maximum Gasteiger partial charge on any atom is 0.0972 e. The third kappa shape index (κ3) is 1.36. The van der Waals surface area contributed by atoms with Crippen LogP contribution in [0.2, 0.25) is 4.34 Å². The normalized spacial score (nSPS) is 11.0. The van der Waals surface area contributed by atoms with Crippen LogP contribution < -0.4 is 0 Å². The molecule has 0 saturated carbocycles. The summed E-state index contributed by atoms with van der Waals surface area (Å²) in [5.74, 6) is 0. The van der Waals surface area contributed by atoms with Crippen LogP contribution in [-0.4, -0.2) is 0 Å². The predicted octanol–water partition coefficient (Wildman–Crippen LogP) is 4.43. The first kappa shape index (κ1) is 9.04. The molecule has 0 radical (unpaired) electrons. The van der Waals surface area contributed by atoms with Crippen LogP contribution in [0.1, 0.15) is 18.1 Å². The van der Waals surface area contributed by atoms with E-state index in [-0.39, 0.29) is 0 Å². The Labute approximate surface area is 87.2 Å². The van der Waals surface area contributed by atoms with Crippen molar-refractivity contribution >= 4 is 33.0 Å². The summed E-state index contributed by atoms with van der Waals surface area (Å²) < 4.78 is 2.29. The topological polar surface area (TPSA) is 0 Å². The average Bonchev–Trinajstić information content (AvgIpc) is 2.43. The zero-order valence-electron chi connectivity index (χ0n) is 7.73. The van der Waals surface area contributed by atoms with Gasteiger partial charge in [0.1, 0.15) is 0 Å². The predicted molar refractivity (Wildman–Crippen MR) is 61.0 cm³/mol. The number of halogens is 1. The summed E-state index contributed by atoms with van der Waals surface area (Å²) in [6.45, 7) is 4.28. The molecule has 0 nitrogen and oxygen atoms in total. The molecule has 2 heteroatoms. The van der Waals surface area contributed by atoms with Gasteiger partial charge in [-0.05, 0) is 29.9 Å². The fourth-order valence-electron chi connectivity index (χ4n) is 1.61. The fraction of sp³-hybridized carbons (Fsp3) is 0.273. The van der Waals surface area contributed by atoms with Crippen molar-refractivity contribution in [3.05, 3.63) is 33.7 Å². The summed E-state index contributed by atoms with van der Waals surface area (Å²) in [5.41, 5.74) is 2.62. The molecule has 0 bridgehead atoms. The van der Waals surface area contributed by atoms with Crippen LogP contribution in [0.15, 0.2) is 18.2 Å². The maximum atomic E-state index is 6.16. The summed E-state index contributed by atoms with van der Waals surface area (Å²) >= 11 is 7.85. The summed E-state index contributed by atoms with van der Waals surface area (Å²) in [7, 11) is 0. The molecule has 2 aromatic rings. The molecule has 0 aliphatic rings. The molecule has 68 valence electrons. The van der Waals surface area contributed by atoms with Gasteiger partial charge >= 0.3 is 0 Å². The molecule has 0 N–H and O–H groups in total. The highest BCUT2D eigenvalue weighted by atomic mass is 35.5. The standard InChI is InChI=1S/C11H11ClS/c1-3-8-9-6-4-5-7(2)10(9)13-11(8)12/h4-6H,3H2,1-2H3. The summed E-state index contributed by atoms with van der Waals surface area (Å²) in [5, 5.41) is 1.33. The molecule has 0 amide bonds. The third-order valence-electron chi connectivity index (χ3n) is 2.32. The molecule has 0 aliphatic heterocycles. The Bertz CT molecular complexity index is 443. The molecule has 0 unspecified atom stereocenters.